The number of unbranched alkanes of at least 4 members (excludes halogenated alkanes) is 2. The number of rotatable bonds is 9. The van der Waals surface area contributed by atoms with Crippen LogP contribution >= 0.6 is 0 Å². The third-order valence-electron chi connectivity index (χ3n) is 4.35. The fourth-order valence-corrected chi connectivity index (χ4v) is 2.76. The Kier molecular flexibility index (Phi) is 7.99. The molecule has 5 heteroatoms. The number of nitrogens with one attached hydrogen (secondary N) is 1. The number of aromatic nitrogens is 1. The van der Waals surface area contributed by atoms with Crippen LogP contribution in [0.5, 0.6) is 0 Å². The van der Waals surface area contributed by atoms with Gasteiger partial charge in [-0.25, -0.2) is 4.98 Å². The summed E-state index contributed by atoms with van der Waals surface area (Å²) in [6, 6.07) is 14.9. The van der Waals surface area contributed by atoms with Crippen molar-refractivity contribution in [2.75, 3.05) is 6.54 Å². The van der Waals surface area contributed by atoms with Gasteiger partial charge in [0, 0.05) is 19.1 Å². The zero-order chi connectivity index (χ0) is 19.6. The van der Waals surface area contributed by atoms with Crippen molar-refractivity contribution in [1.29, 1.82) is 0 Å². The zero-order valence-electron chi connectivity index (χ0n) is 16.4. The standard InChI is InChI=1S/C22H29N3O2/c1-4-5-9-15-23-21(26)19-13-10-14-20(24-19)22(27)25(17(2)3)16-18-11-7-6-8-12-18/h6-8,10-14,17H,4-5,9,15-16H2,1-3H3,(H,23,26). The van der Waals surface area contributed by atoms with Gasteiger partial charge in [0.2, 0.25) is 0 Å². The first-order valence-corrected chi connectivity index (χ1v) is 9.63. The normalized spacial score (nSPS) is 10.7. The average Bonchev–Trinajstić information content (AvgIpc) is 2.69. The molecular formula is C22H29N3O2. The van der Waals surface area contributed by atoms with Crippen LogP contribution in [0, 0.1) is 0 Å². The Morgan fingerprint density at radius 3 is 2.37 bits per heavy atom. The lowest BCUT2D eigenvalue weighted by molar-refractivity contribution is 0.0684. The fourth-order valence-electron chi connectivity index (χ4n) is 2.76. The molecule has 1 N–H and O–H groups in total. The Bertz CT molecular complexity index is 744. The monoisotopic (exact) mass is 367 g/mol. The van der Waals surface area contributed by atoms with Crippen molar-refractivity contribution in [3.8, 4) is 0 Å². The molecule has 0 saturated heterocycles. The quantitative estimate of drug-likeness (QED) is 0.680. The van der Waals surface area contributed by atoms with E-state index in [1.54, 1.807) is 23.1 Å². The largest absolute Gasteiger partial charge is 0.351 e. The summed E-state index contributed by atoms with van der Waals surface area (Å²) in [5, 5.41) is 2.87. The summed E-state index contributed by atoms with van der Waals surface area (Å²) in [5.41, 5.74) is 1.63. The van der Waals surface area contributed by atoms with E-state index in [9.17, 15) is 9.59 Å². The van der Waals surface area contributed by atoms with Gasteiger partial charge < -0.3 is 10.2 Å². The fraction of sp³-hybridized carbons (Fsp3) is 0.409. The smallest absolute Gasteiger partial charge is 0.273 e. The van der Waals surface area contributed by atoms with Gasteiger partial charge >= 0.3 is 0 Å². The van der Waals surface area contributed by atoms with Gasteiger partial charge in [0.05, 0.1) is 0 Å². The van der Waals surface area contributed by atoms with Gasteiger partial charge in [0.15, 0.2) is 0 Å². The number of amides is 2. The number of pyridine rings is 1. The minimum atomic E-state index is -0.236. The van der Waals surface area contributed by atoms with Crippen molar-refractivity contribution in [3.63, 3.8) is 0 Å². The highest BCUT2D eigenvalue weighted by atomic mass is 16.2. The van der Waals surface area contributed by atoms with Crippen LogP contribution in [0.1, 0.15) is 66.6 Å². The van der Waals surface area contributed by atoms with E-state index in [-0.39, 0.29) is 23.6 Å². The van der Waals surface area contributed by atoms with E-state index in [2.05, 4.69) is 17.2 Å². The topological polar surface area (TPSA) is 62.3 Å². The summed E-state index contributed by atoms with van der Waals surface area (Å²) in [6.45, 7) is 7.20. The molecule has 0 aliphatic heterocycles. The highest BCUT2D eigenvalue weighted by Gasteiger charge is 2.21. The number of nitrogens with zero attached hydrogens (tertiary/aromatic N) is 2. The molecular weight excluding hydrogens is 338 g/mol. The van der Waals surface area contributed by atoms with E-state index in [4.69, 9.17) is 0 Å². The molecule has 5 nitrogen and oxygen atoms in total. The van der Waals surface area contributed by atoms with Crippen molar-refractivity contribution in [1.82, 2.24) is 15.2 Å². The van der Waals surface area contributed by atoms with Crippen LogP contribution in [0.25, 0.3) is 0 Å². The predicted molar refractivity (Wildman–Crippen MR) is 108 cm³/mol. The average molecular weight is 367 g/mol. The van der Waals surface area contributed by atoms with E-state index in [1.165, 1.54) is 0 Å². The molecule has 0 spiro atoms. The summed E-state index contributed by atoms with van der Waals surface area (Å²) in [5.74, 6) is -0.408. The van der Waals surface area contributed by atoms with Gasteiger partial charge in [0.25, 0.3) is 11.8 Å². The lowest BCUT2D eigenvalue weighted by Crippen LogP contribution is -2.37. The molecule has 2 amide bonds. The Hall–Kier alpha value is -2.69. The molecule has 0 atom stereocenters. The molecule has 1 aromatic carbocycles. The van der Waals surface area contributed by atoms with Crippen molar-refractivity contribution in [3.05, 3.63) is 65.5 Å². The molecule has 0 fully saturated rings. The van der Waals surface area contributed by atoms with Crippen molar-refractivity contribution < 1.29 is 9.59 Å². The summed E-state index contributed by atoms with van der Waals surface area (Å²) in [7, 11) is 0. The summed E-state index contributed by atoms with van der Waals surface area (Å²) in [6.07, 6.45) is 3.12. The number of carbonyl (C=O) groups excluding carboxylic acids is 2. The maximum absolute atomic E-state index is 13.0. The summed E-state index contributed by atoms with van der Waals surface area (Å²) in [4.78, 5) is 31.4. The maximum Gasteiger partial charge on any atom is 0.273 e. The van der Waals surface area contributed by atoms with Crippen LogP contribution in [0.3, 0.4) is 0 Å². The van der Waals surface area contributed by atoms with Crippen LogP contribution in [0.2, 0.25) is 0 Å². The molecule has 2 aromatic rings. The van der Waals surface area contributed by atoms with E-state index in [0.29, 0.717) is 18.8 Å². The van der Waals surface area contributed by atoms with E-state index in [0.717, 1.165) is 24.8 Å². The molecule has 0 bridgehead atoms. The molecule has 0 unspecified atom stereocenters. The Labute approximate surface area is 161 Å². The second-order valence-corrected chi connectivity index (χ2v) is 6.88. The highest BCUT2D eigenvalue weighted by molar-refractivity contribution is 5.96. The highest BCUT2D eigenvalue weighted by Crippen LogP contribution is 2.13. The third-order valence-corrected chi connectivity index (χ3v) is 4.35. The minimum absolute atomic E-state index is 0.0195. The van der Waals surface area contributed by atoms with Gasteiger partial charge in [-0.3, -0.25) is 9.59 Å². The molecule has 2 rings (SSSR count). The van der Waals surface area contributed by atoms with Crippen LogP contribution in [-0.2, 0) is 6.54 Å². The Balaban J connectivity index is 2.10. The zero-order valence-corrected chi connectivity index (χ0v) is 16.4. The van der Waals surface area contributed by atoms with Crippen molar-refractivity contribution >= 4 is 11.8 Å². The van der Waals surface area contributed by atoms with Crippen LogP contribution in [0.15, 0.2) is 48.5 Å². The van der Waals surface area contributed by atoms with Crippen LogP contribution < -0.4 is 5.32 Å². The van der Waals surface area contributed by atoms with Gasteiger partial charge in [-0.1, -0.05) is 56.2 Å². The van der Waals surface area contributed by atoms with Gasteiger partial charge in [-0.15, -0.1) is 0 Å². The van der Waals surface area contributed by atoms with E-state index >= 15 is 0 Å². The van der Waals surface area contributed by atoms with Gasteiger partial charge in [0.1, 0.15) is 11.4 Å². The molecule has 0 saturated carbocycles. The van der Waals surface area contributed by atoms with E-state index in [1.807, 2.05) is 44.2 Å². The molecule has 0 radical (unpaired) electrons. The minimum Gasteiger partial charge on any atom is -0.351 e. The first kappa shape index (κ1) is 20.6. The molecule has 0 aliphatic rings. The second-order valence-electron chi connectivity index (χ2n) is 6.88. The lowest BCUT2D eigenvalue weighted by atomic mass is 10.1. The number of benzene rings is 1. The molecule has 27 heavy (non-hydrogen) atoms. The van der Waals surface area contributed by atoms with Crippen LogP contribution in [-0.4, -0.2) is 34.3 Å². The third kappa shape index (κ3) is 6.20. The molecule has 144 valence electrons. The predicted octanol–water partition coefficient (Wildman–Crippen LogP) is 4.05. The first-order valence-electron chi connectivity index (χ1n) is 9.63. The van der Waals surface area contributed by atoms with Gasteiger partial charge in [-0.05, 0) is 38.0 Å². The Morgan fingerprint density at radius 2 is 1.70 bits per heavy atom. The number of hydrogen-bond donors (Lipinski definition) is 1. The molecule has 1 heterocycles. The lowest BCUT2D eigenvalue weighted by Gasteiger charge is -2.26. The van der Waals surface area contributed by atoms with Crippen LogP contribution in [0.4, 0.5) is 0 Å². The molecule has 0 aliphatic carbocycles. The Morgan fingerprint density at radius 1 is 1.00 bits per heavy atom. The SMILES string of the molecule is CCCCCNC(=O)c1cccc(C(=O)N(Cc2ccccc2)C(C)C)n1. The van der Waals surface area contributed by atoms with Gasteiger partial charge in [-0.2, -0.15) is 0 Å². The number of carbonyl (C=O) groups is 2. The van der Waals surface area contributed by atoms with Crippen molar-refractivity contribution in [2.45, 2.75) is 52.6 Å². The van der Waals surface area contributed by atoms with E-state index < -0.39 is 0 Å². The molecule has 1 aromatic heterocycles. The van der Waals surface area contributed by atoms with Crippen molar-refractivity contribution in [2.24, 2.45) is 0 Å². The summed E-state index contributed by atoms with van der Waals surface area (Å²) >= 11 is 0. The second kappa shape index (κ2) is 10.5. The number of hydrogen-bond acceptors (Lipinski definition) is 3. The first-order chi connectivity index (χ1) is 13.0. The maximum atomic E-state index is 13.0. The summed E-state index contributed by atoms with van der Waals surface area (Å²) < 4.78 is 0.